The molecule has 0 bridgehead atoms. The maximum Gasteiger partial charge on any atom is 0.241 e. The van der Waals surface area contributed by atoms with E-state index >= 15 is 0 Å². The number of benzene rings is 3. The van der Waals surface area contributed by atoms with Crippen molar-refractivity contribution in [1.82, 2.24) is 9.44 Å². The summed E-state index contributed by atoms with van der Waals surface area (Å²) < 4.78 is 63.6. The third kappa shape index (κ3) is 6.05. The van der Waals surface area contributed by atoms with Crippen LogP contribution in [0.5, 0.6) is 5.75 Å². The molecule has 37 heavy (non-hydrogen) atoms. The van der Waals surface area contributed by atoms with Gasteiger partial charge in [-0.15, -0.1) is 0 Å². The van der Waals surface area contributed by atoms with Gasteiger partial charge in [-0.25, -0.2) is 26.3 Å². The molecule has 2 atom stereocenters. The maximum atomic E-state index is 13.2. The van der Waals surface area contributed by atoms with Crippen molar-refractivity contribution in [1.29, 1.82) is 0 Å². The number of ether oxygens (including phenoxy) is 1. The van der Waals surface area contributed by atoms with Crippen LogP contribution in [0.4, 0.5) is 0 Å². The molecule has 3 aromatic rings. The first-order valence-corrected chi connectivity index (χ1v) is 15.1. The number of hydrogen-bond acceptors (Lipinski definition) is 6. The lowest BCUT2D eigenvalue weighted by Gasteiger charge is -2.42. The normalized spacial score (nSPS) is 19.1. The zero-order chi connectivity index (χ0) is 26.8. The van der Waals surface area contributed by atoms with Crippen LogP contribution >= 0.6 is 0 Å². The van der Waals surface area contributed by atoms with Crippen molar-refractivity contribution >= 4 is 20.0 Å². The standard InChI is InChI=1S/C27H32N2O6S2/c1-4-19-10-12-21(13-11-19)37(33,34)29-25-23-18-22(14-15-24(23)35-27(2,3)26(25)30)36(31,32)28-17-16-20-8-6-5-7-9-20/h5-15,18,25-26,28-30H,4,16-17H2,1-3H3/t25-,26+/m1/s1. The maximum absolute atomic E-state index is 13.2. The Labute approximate surface area is 218 Å². The van der Waals surface area contributed by atoms with Gasteiger partial charge in [0.1, 0.15) is 17.5 Å². The molecule has 3 aromatic carbocycles. The van der Waals surface area contributed by atoms with E-state index in [9.17, 15) is 21.9 Å². The monoisotopic (exact) mass is 544 g/mol. The second-order valence-electron chi connectivity index (χ2n) is 9.58. The highest BCUT2D eigenvalue weighted by Gasteiger charge is 2.45. The van der Waals surface area contributed by atoms with Gasteiger partial charge in [-0.1, -0.05) is 49.4 Å². The van der Waals surface area contributed by atoms with Crippen LogP contribution in [0.15, 0.2) is 82.6 Å². The number of rotatable bonds is 9. The van der Waals surface area contributed by atoms with Gasteiger partial charge in [-0.2, -0.15) is 0 Å². The summed E-state index contributed by atoms with van der Waals surface area (Å²) in [5.74, 6) is 0.299. The minimum Gasteiger partial charge on any atom is -0.485 e. The van der Waals surface area contributed by atoms with Gasteiger partial charge in [0, 0.05) is 12.1 Å². The fourth-order valence-electron chi connectivity index (χ4n) is 4.27. The minimum absolute atomic E-state index is 0.0497. The predicted molar refractivity (Wildman–Crippen MR) is 141 cm³/mol. The van der Waals surface area contributed by atoms with Crippen LogP contribution in [0.1, 0.15) is 43.5 Å². The Bertz CT molecular complexity index is 1450. The molecule has 0 unspecified atom stereocenters. The zero-order valence-electron chi connectivity index (χ0n) is 21.0. The first kappa shape index (κ1) is 27.3. The second kappa shape index (κ2) is 10.5. The lowest BCUT2D eigenvalue weighted by Crippen LogP contribution is -2.53. The van der Waals surface area contributed by atoms with E-state index in [1.165, 1.54) is 30.3 Å². The van der Waals surface area contributed by atoms with Gasteiger partial charge in [-0.05, 0) is 68.1 Å². The van der Waals surface area contributed by atoms with Crippen molar-refractivity contribution in [3.05, 3.63) is 89.5 Å². The number of aliphatic hydroxyl groups excluding tert-OH is 1. The number of sulfonamides is 2. The number of hydrogen-bond donors (Lipinski definition) is 3. The lowest BCUT2D eigenvalue weighted by atomic mass is 9.87. The van der Waals surface area contributed by atoms with Crippen molar-refractivity contribution < 1.29 is 26.7 Å². The highest BCUT2D eigenvalue weighted by atomic mass is 32.2. The molecule has 0 aliphatic carbocycles. The zero-order valence-corrected chi connectivity index (χ0v) is 22.6. The second-order valence-corrected chi connectivity index (χ2v) is 13.1. The molecule has 1 aliphatic rings. The summed E-state index contributed by atoms with van der Waals surface area (Å²) in [4.78, 5) is 0.000386. The number of aryl methyl sites for hydroxylation is 1. The molecular weight excluding hydrogens is 512 g/mol. The topological polar surface area (TPSA) is 122 Å². The summed E-state index contributed by atoms with van der Waals surface area (Å²) in [5, 5.41) is 11.1. The first-order valence-electron chi connectivity index (χ1n) is 12.1. The Balaban J connectivity index is 1.63. The van der Waals surface area contributed by atoms with E-state index in [1.54, 1.807) is 26.0 Å². The first-order chi connectivity index (χ1) is 17.4. The molecule has 8 nitrogen and oxygen atoms in total. The largest absolute Gasteiger partial charge is 0.485 e. The van der Waals surface area contributed by atoms with E-state index in [4.69, 9.17) is 4.74 Å². The smallest absolute Gasteiger partial charge is 0.241 e. The van der Waals surface area contributed by atoms with Crippen LogP contribution in [0.25, 0.3) is 0 Å². The highest BCUT2D eigenvalue weighted by molar-refractivity contribution is 7.89. The van der Waals surface area contributed by atoms with Gasteiger partial charge in [0.2, 0.25) is 20.0 Å². The van der Waals surface area contributed by atoms with E-state index in [-0.39, 0.29) is 21.9 Å². The van der Waals surface area contributed by atoms with Gasteiger partial charge in [0.15, 0.2) is 0 Å². The van der Waals surface area contributed by atoms with Gasteiger partial charge in [0.25, 0.3) is 0 Å². The van der Waals surface area contributed by atoms with E-state index in [0.717, 1.165) is 17.5 Å². The quantitative estimate of drug-likeness (QED) is 0.380. The van der Waals surface area contributed by atoms with E-state index in [0.29, 0.717) is 12.2 Å². The van der Waals surface area contributed by atoms with Crippen molar-refractivity contribution in [2.45, 2.75) is 61.2 Å². The van der Waals surface area contributed by atoms with Crippen molar-refractivity contribution in [3.8, 4) is 5.75 Å². The molecule has 0 saturated carbocycles. The van der Waals surface area contributed by atoms with E-state index in [1.807, 2.05) is 37.3 Å². The van der Waals surface area contributed by atoms with Crippen molar-refractivity contribution in [2.24, 2.45) is 0 Å². The fraction of sp³-hybridized carbons (Fsp3) is 0.333. The molecule has 0 fully saturated rings. The summed E-state index contributed by atoms with van der Waals surface area (Å²) in [6.07, 6.45) is -0.000983. The van der Waals surface area contributed by atoms with Crippen LogP contribution in [-0.2, 0) is 32.9 Å². The van der Waals surface area contributed by atoms with Gasteiger partial charge < -0.3 is 9.84 Å². The van der Waals surface area contributed by atoms with Crippen molar-refractivity contribution in [2.75, 3.05) is 6.54 Å². The molecule has 0 saturated heterocycles. The Morgan fingerprint density at radius 2 is 1.51 bits per heavy atom. The highest BCUT2D eigenvalue weighted by Crippen LogP contribution is 2.41. The van der Waals surface area contributed by atoms with Gasteiger partial charge in [0.05, 0.1) is 15.8 Å². The Morgan fingerprint density at radius 3 is 2.16 bits per heavy atom. The SMILES string of the molecule is CCc1ccc(S(=O)(=O)N[C@@H]2c3cc(S(=O)(=O)NCCc4ccccc4)ccc3OC(C)(C)[C@H]2O)cc1. The van der Waals surface area contributed by atoms with Gasteiger partial charge in [-0.3, -0.25) is 0 Å². The van der Waals surface area contributed by atoms with Crippen LogP contribution in [0.3, 0.4) is 0 Å². The summed E-state index contributed by atoms with van der Waals surface area (Å²) >= 11 is 0. The Kier molecular flexibility index (Phi) is 7.77. The molecule has 0 spiro atoms. The number of nitrogens with one attached hydrogen (secondary N) is 2. The molecular formula is C27H32N2O6S2. The van der Waals surface area contributed by atoms with Crippen LogP contribution in [0.2, 0.25) is 0 Å². The molecule has 4 rings (SSSR count). The molecule has 10 heteroatoms. The summed E-state index contributed by atoms with van der Waals surface area (Å²) in [7, 11) is -7.94. The minimum atomic E-state index is -4.03. The average molecular weight is 545 g/mol. The Morgan fingerprint density at radius 1 is 0.865 bits per heavy atom. The molecule has 3 N–H and O–H groups in total. The number of fused-ring (bicyclic) bond motifs is 1. The lowest BCUT2D eigenvalue weighted by molar-refractivity contribution is -0.0604. The Hall–Kier alpha value is -2.76. The summed E-state index contributed by atoms with van der Waals surface area (Å²) in [5.41, 5.74) is 1.11. The summed E-state index contributed by atoms with van der Waals surface area (Å²) in [6.45, 7) is 5.46. The summed E-state index contributed by atoms with van der Waals surface area (Å²) in [6, 6.07) is 19.1. The molecule has 0 aromatic heterocycles. The van der Waals surface area contributed by atoms with E-state index in [2.05, 4.69) is 9.44 Å². The third-order valence-electron chi connectivity index (χ3n) is 6.50. The molecule has 1 heterocycles. The van der Waals surface area contributed by atoms with E-state index < -0.39 is 37.8 Å². The molecule has 1 aliphatic heterocycles. The fourth-order valence-corrected chi connectivity index (χ4v) is 6.56. The van der Waals surface area contributed by atoms with Crippen LogP contribution in [-0.4, -0.2) is 40.2 Å². The number of aliphatic hydroxyl groups is 1. The average Bonchev–Trinajstić information content (AvgIpc) is 2.87. The molecule has 0 radical (unpaired) electrons. The van der Waals surface area contributed by atoms with Crippen molar-refractivity contribution in [3.63, 3.8) is 0 Å². The van der Waals surface area contributed by atoms with Crippen LogP contribution < -0.4 is 14.2 Å². The third-order valence-corrected chi connectivity index (χ3v) is 9.42. The molecule has 0 amide bonds. The van der Waals surface area contributed by atoms with Gasteiger partial charge >= 0.3 is 0 Å². The van der Waals surface area contributed by atoms with Crippen LogP contribution in [0, 0.1) is 0 Å². The molecule has 198 valence electrons. The predicted octanol–water partition coefficient (Wildman–Crippen LogP) is 3.32.